The maximum absolute atomic E-state index is 13.4. The van der Waals surface area contributed by atoms with Crippen molar-refractivity contribution in [1.82, 2.24) is 19.7 Å². The summed E-state index contributed by atoms with van der Waals surface area (Å²) >= 11 is 0. The van der Waals surface area contributed by atoms with Crippen molar-refractivity contribution in [3.05, 3.63) is 72.4 Å². The number of alkyl halides is 3. The smallest absolute Gasteiger partial charge is 0.252 e. The molecule has 0 fully saturated rings. The topological polar surface area (TPSA) is 43.6 Å². The monoisotopic (exact) mass is 410 g/mol. The molecule has 2 heterocycles. The molecule has 0 aliphatic carbocycles. The number of unbranched alkanes of at least 4 members (excludes halogenated alkanes) is 2. The number of nitrogens with zero attached hydrogens (tertiary/aromatic N) is 4. The molecule has 4 aromatic rings. The van der Waals surface area contributed by atoms with Crippen LogP contribution in [0.1, 0.15) is 37.4 Å². The minimum Gasteiger partial charge on any atom is -0.252 e. The van der Waals surface area contributed by atoms with Crippen LogP contribution in [0.5, 0.6) is 0 Å². The molecular formula is C23H21F3N4. The highest BCUT2D eigenvalue weighted by molar-refractivity contribution is 5.95. The molecule has 0 N–H and O–H groups in total. The Bertz CT molecular complexity index is 1150. The van der Waals surface area contributed by atoms with Crippen LogP contribution in [-0.4, -0.2) is 19.7 Å². The first-order valence-corrected chi connectivity index (χ1v) is 9.93. The van der Waals surface area contributed by atoms with Gasteiger partial charge in [0, 0.05) is 10.9 Å². The van der Waals surface area contributed by atoms with E-state index >= 15 is 0 Å². The summed E-state index contributed by atoms with van der Waals surface area (Å²) in [6, 6.07) is 13.0. The largest absolute Gasteiger partial charge is 0.416 e. The molecule has 4 nitrogen and oxygen atoms in total. The lowest BCUT2D eigenvalue weighted by Crippen LogP contribution is -2.08. The molecule has 0 unspecified atom stereocenters. The first-order chi connectivity index (χ1) is 14.5. The average molecular weight is 410 g/mol. The number of halogens is 3. The molecule has 2 aromatic carbocycles. The van der Waals surface area contributed by atoms with E-state index in [1.54, 1.807) is 17.1 Å². The van der Waals surface area contributed by atoms with E-state index in [4.69, 9.17) is 4.98 Å². The van der Waals surface area contributed by atoms with Crippen LogP contribution in [0.2, 0.25) is 0 Å². The fourth-order valence-electron chi connectivity index (χ4n) is 3.68. The van der Waals surface area contributed by atoms with Gasteiger partial charge in [0.1, 0.15) is 12.7 Å². The number of para-hydroxylation sites is 1. The van der Waals surface area contributed by atoms with Crippen molar-refractivity contribution in [2.24, 2.45) is 0 Å². The Balaban J connectivity index is 2.03. The van der Waals surface area contributed by atoms with Gasteiger partial charge in [-0.1, -0.05) is 50.1 Å². The SMILES string of the molecule is CCCCCc1nc2ccccc2c(-n2cncn2)c1-c1cccc(C(F)(F)F)c1. The number of aromatic nitrogens is 4. The van der Waals surface area contributed by atoms with E-state index in [0.29, 0.717) is 23.2 Å². The molecule has 7 heteroatoms. The Morgan fingerprint density at radius 1 is 1.00 bits per heavy atom. The van der Waals surface area contributed by atoms with Gasteiger partial charge in [0.25, 0.3) is 0 Å². The number of benzene rings is 2. The fraction of sp³-hybridized carbons (Fsp3) is 0.261. The van der Waals surface area contributed by atoms with Crippen molar-refractivity contribution in [1.29, 1.82) is 0 Å². The summed E-state index contributed by atoms with van der Waals surface area (Å²) in [5.41, 5.74) is 2.71. The predicted octanol–water partition coefficient (Wildman–Crippen LogP) is 6.23. The van der Waals surface area contributed by atoms with Crippen LogP contribution >= 0.6 is 0 Å². The summed E-state index contributed by atoms with van der Waals surface area (Å²) < 4.78 is 41.9. The molecule has 0 saturated heterocycles. The number of rotatable bonds is 6. The van der Waals surface area contributed by atoms with Crippen LogP contribution in [0.25, 0.3) is 27.7 Å². The minimum absolute atomic E-state index is 0.472. The summed E-state index contributed by atoms with van der Waals surface area (Å²) in [5.74, 6) is 0. The summed E-state index contributed by atoms with van der Waals surface area (Å²) in [5, 5.41) is 5.10. The van der Waals surface area contributed by atoms with E-state index in [0.717, 1.165) is 41.9 Å². The van der Waals surface area contributed by atoms with E-state index in [2.05, 4.69) is 17.0 Å². The zero-order valence-electron chi connectivity index (χ0n) is 16.5. The lowest BCUT2D eigenvalue weighted by Gasteiger charge is -2.18. The van der Waals surface area contributed by atoms with Crippen LogP contribution in [0, 0.1) is 0 Å². The zero-order valence-corrected chi connectivity index (χ0v) is 16.5. The van der Waals surface area contributed by atoms with Gasteiger partial charge >= 0.3 is 6.18 Å². The van der Waals surface area contributed by atoms with Gasteiger partial charge in [0.2, 0.25) is 0 Å². The molecule has 0 atom stereocenters. The maximum Gasteiger partial charge on any atom is 0.416 e. The summed E-state index contributed by atoms with van der Waals surface area (Å²) in [4.78, 5) is 8.90. The molecule has 2 aromatic heterocycles. The predicted molar refractivity (Wildman–Crippen MR) is 110 cm³/mol. The Labute approximate surface area is 172 Å². The van der Waals surface area contributed by atoms with Crippen LogP contribution in [0.3, 0.4) is 0 Å². The van der Waals surface area contributed by atoms with Crippen LogP contribution in [0.15, 0.2) is 61.2 Å². The van der Waals surface area contributed by atoms with Crippen molar-refractivity contribution in [2.75, 3.05) is 0 Å². The lowest BCUT2D eigenvalue weighted by molar-refractivity contribution is -0.137. The number of fused-ring (bicyclic) bond motifs is 1. The van der Waals surface area contributed by atoms with Gasteiger partial charge in [0.15, 0.2) is 0 Å². The number of hydrogen-bond donors (Lipinski definition) is 0. The third-order valence-electron chi connectivity index (χ3n) is 5.08. The van der Waals surface area contributed by atoms with Crippen molar-refractivity contribution in [3.8, 4) is 16.8 Å². The molecule has 0 saturated carbocycles. The molecule has 30 heavy (non-hydrogen) atoms. The van der Waals surface area contributed by atoms with Gasteiger partial charge in [-0.05, 0) is 36.6 Å². The van der Waals surface area contributed by atoms with Gasteiger partial charge in [-0.2, -0.15) is 18.3 Å². The molecular weight excluding hydrogens is 389 g/mol. The van der Waals surface area contributed by atoms with E-state index in [-0.39, 0.29) is 0 Å². The number of hydrogen-bond acceptors (Lipinski definition) is 3. The molecule has 0 aliphatic rings. The van der Waals surface area contributed by atoms with E-state index in [1.807, 2.05) is 24.3 Å². The van der Waals surface area contributed by atoms with Gasteiger partial charge in [-0.15, -0.1) is 0 Å². The molecule has 0 bridgehead atoms. The molecule has 0 amide bonds. The van der Waals surface area contributed by atoms with Crippen LogP contribution < -0.4 is 0 Å². The lowest BCUT2D eigenvalue weighted by atomic mass is 9.94. The summed E-state index contributed by atoms with van der Waals surface area (Å²) in [6.07, 6.45) is 2.21. The van der Waals surface area contributed by atoms with Crippen molar-refractivity contribution in [3.63, 3.8) is 0 Å². The zero-order chi connectivity index (χ0) is 21.1. The second-order valence-electron chi connectivity index (χ2n) is 7.17. The normalized spacial score (nSPS) is 11.9. The van der Waals surface area contributed by atoms with Gasteiger partial charge in [0.05, 0.1) is 22.5 Å². The Morgan fingerprint density at radius 2 is 1.83 bits per heavy atom. The maximum atomic E-state index is 13.4. The standard InChI is InChI=1S/C23H21F3N4/c1-2-3-4-12-20-21(16-8-7-9-17(13-16)23(24,25)26)22(30-15-27-14-28-30)18-10-5-6-11-19(18)29-20/h5-11,13-15H,2-4,12H2,1H3. The molecule has 0 spiro atoms. The average Bonchev–Trinajstić information content (AvgIpc) is 3.27. The fourth-order valence-corrected chi connectivity index (χ4v) is 3.68. The molecule has 0 radical (unpaired) electrons. The van der Waals surface area contributed by atoms with Gasteiger partial charge in [-0.3, -0.25) is 4.98 Å². The van der Waals surface area contributed by atoms with Crippen molar-refractivity contribution in [2.45, 2.75) is 38.8 Å². The van der Waals surface area contributed by atoms with E-state index < -0.39 is 11.7 Å². The number of pyridine rings is 1. The first-order valence-electron chi connectivity index (χ1n) is 9.93. The molecule has 0 aliphatic heterocycles. The van der Waals surface area contributed by atoms with Gasteiger partial charge in [-0.25, -0.2) is 9.67 Å². The van der Waals surface area contributed by atoms with Crippen molar-refractivity contribution < 1.29 is 13.2 Å². The quantitative estimate of drug-likeness (QED) is 0.354. The minimum atomic E-state index is -4.42. The summed E-state index contributed by atoms with van der Waals surface area (Å²) in [7, 11) is 0. The Hall–Kier alpha value is -3.22. The second-order valence-corrected chi connectivity index (χ2v) is 7.17. The van der Waals surface area contributed by atoms with Crippen LogP contribution in [-0.2, 0) is 12.6 Å². The highest BCUT2D eigenvalue weighted by atomic mass is 19.4. The molecule has 154 valence electrons. The van der Waals surface area contributed by atoms with Crippen LogP contribution in [0.4, 0.5) is 13.2 Å². The third-order valence-corrected chi connectivity index (χ3v) is 5.08. The highest BCUT2D eigenvalue weighted by Gasteiger charge is 2.31. The first kappa shape index (κ1) is 20.1. The van der Waals surface area contributed by atoms with Crippen molar-refractivity contribution >= 4 is 10.9 Å². The third kappa shape index (κ3) is 3.92. The molecule has 4 rings (SSSR count). The highest BCUT2D eigenvalue weighted by Crippen LogP contribution is 2.38. The Kier molecular flexibility index (Phi) is 5.53. The second kappa shape index (κ2) is 8.26. The van der Waals surface area contributed by atoms with Gasteiger partial charge < -0.3 is 0 Å². The van der Waals surface area contributed by atoms with E-state index in [1.165, 1.54) is 18.5 Å². The number of aryl methyl sites for hydroxylation is 1. The van der Waals surface area contributed by atoms with E-state index in [9.17, 15) is 13.2 Å². The Morgan fingerprint density at radius 3 is 2.57 bits per heavy atom. The summed E-state index contributed by atoms with van der Waals surface area (Å²) in [6.45, 7) is 2.11.